The van der Waals surface area contributed by atoms with E-state index in [9.17, 15) is 0 Å². The van der Waals surface area contributed by atoms with Crippen LogP contribution in [0.3, 0.4) is 0 Å². The minimum Gasteiger partial charge on any atom is -0.378 e. The van der Waals surface area contributed by atoms with Crippen LogP contribution in [0.15, 0.2) is 41.9 Å². The fourth-order valence-electron chi connectivity index (χ4n) is 2.64. The van der Waals surface area contributed by atoms with Crippen molar-refractivity contribution in [3.63, 3.8) is 0 Å². The number of aromatic nitrogens is 2. The molecule has 3 heterocycles. The molecule has 0 radical (unpaired) electrons. The Labute approximate surface area is 127 Å². The van der Waals surface area contributed by atoms with Crippen LogP contribution in [0.1, 0.15) is 0 Å². The summed E-state index contributed by atoms with van der Waals surface area (Å²) in [6.45, 7) is 3.31. The van der Waals surface area contributed by atoms with Gasteiger partial charge < -0.3 is 9.64 Å². The Morgan fingerprint density at radius 2 is 2.00 bits per heavy atom. The van der Waals surface area contributed by atoms with Crippen molar-refractivity contribution in [3.8, 4) is 10.7 Å². The van der Waals surface area contributed by atoms with Crippen LogP contribution in [0.2, 0.25) is 0 Å². The van der Waals surface area contributed by atoms with Gasteiger partial charge in [0.1, 0.15) is 16.5 Å². The third-order valence-electron chi connectivity index (χ3n) is 3.70. The van der Waals surface area contributed by atoms with Gasteiger partial charge in [-0.3, -0.25) is 0 Å². The normalized spacial score (nSPS) is 15.5. The maximum Gasteiger partial charge on any atom is 0.142 e. The average molecular weight is 297 g/mol. The molecule has 0 amide bonds. The molecule has 3 aromatic rings. The van der Waals surface area contributed by atoms with Crippen LogP contribution in [-0.4, -0.2) is 36.3 Å². The van der Waals surface area contributed by atoms with E-state index < -0.39 is 0 Å². The average Bonchev–Trinajstić information content (AvgIpc) is 3.09. The molecular weight excluding hydrogens is 282 g/mol. The molecule has 21 heavy (non-hydrogen) atoms. The second-order valence-electron chi connectivity index (χ2n) is 4.99. The van der Waals surface area contributed by atoms with Gasteiger partial charge >= 0.3 is 0 Å². The summed E-state index contributed by atoms with van der Waals surface area (Å²) in [4.78, 5) is 11.6. The smallest absolute Gasteiger partial charge is 0.142 e. The first kappa shape index (κ1) is 12.7. The maximum atomic E-state index is 5.43. The zero-order valence-corrected chi connectivity index (χ0v) is 12.3. The van der Waals surface area contributed by atoms with Gasteiger partial charge in [-0.05, 0) is 11.5 Å². The van der Waals surface area contributed by atoms with Crippen LogP contribution in [0.5, 0.6) is 0 Å². The van der Waals surface area contributed by atoms with Crippen molar-refractivity contribution in [1.82, 2.24) is 9.97 Å². The lowest BCUT2D eigenvalue weighted by molar-refractivity contribution is 0.122. The molecule has 1 aromatic carbocycles. The lowest BCUT2D eigenvalue weighted by Gasteiger charge is -2.28. The van der Waals surface area contributed by atoms with Crippen LogP contribution >= 0.6 is 11.3 Å². The first-order valence-corrected chi connectivity index (χ1v) is 7.92. The maximum absolute atomic E-state index is 5.43. The predicted octanol–water partition coefficient (Wildman–Crippen LogP) is 3.19. The molecule has 0 N–H and O–H groups in total. The Bertz CT molecular complexity index is 751. The van der Waals surface area contributed by atoms with Crippen molar-refractivity contribution in [1.29, 1.82) is 0 Å². The van der Waals surface area contributed by atoms with Crippen molar-refractivity contribution in [3.05, 3.63) is 41.9 Å². The quantitative estimate of drug-likeness (QED) is 0.728. The van der Waals surface area contributed by atoms with Crippen molar-refractivity contribution in [2.45, 2.75) is 0 Å². The van der Waals surface area contributed by atoms with Gasteiger partial charge in [0.2, 0.25) is 0 Å². The van der Waals surface area contributed by atoms with Gasteiger partial charge in [0.15, 0.2) is 0 Å². The third kappa shape index (κ3) is 2.39. The summed E-state index contributed by atoms with van der Waals surface area (Å²) < 4.78 is 5.43. The van der Waals surface area contributed by atoms with Crippen LogP contribution in [0.25, 0.3) is 21.5 Å². The molecule has 0 bridgehead atoms. The van der Waals surface area contributed by atoms with Crippen molar-refractivity contribution in [2.24, 2.45) is 0 Å². The molecule has 0 saturated carbocycles. The van der Waals surface area contributed by atoms with Crippen LogP contribution < -0.4 is 4.90 Å². The molecule has 106 valence electrons. The number of pyridine rings is 1. The van der Waals surface area contributed by atoms with Crippen LogP contribution in [0, 0.1) is 0 Å². The van der Waals surface area contributed by atoms with Gasteiger partial charge in [0.05, 0.1) is 13.2 Å². The number of hydrogen-bond donors (Lipinski definition) is 0. The Morgan fingerprint density at radius 3 is 2.81 bits per heavy atom. The number of morpholine rings is 1. The molecule has 1 aliphatic rings. The predicted molar refractivity (Wildman–Crippen MR) is 85.9 cm³/mol. The first-order valence-electron chi connectivity index (χ1n) is 7.04. The molecule has 2 aromatic heterocycles. The number of fused-ring (bicyclic) bond motifs is 1. The highest BCUT2D eigenvalue weighted by molar-refractivity contribution is 7.13. The second kappa shape index (κ2) is 5.42. The van der Waals surface area contributed by atoms with Crippen molar-refractivity contribution >= 4 is 27.9 Å². The van der Waals surface area contributed by atoms with E-state index in [0.29, 0.717) is 0 Å². The Hall–Kier alpha value is -1.98. The fraction of sp³-hybridized carbons (Fsp3) is 0.250. The molecule has 0 spiro atoms. The second-order valence-corrected chi connectivity index (χ2v) is 5.88. The van der Waals surface area contributed by atoms with Gasteiger partial charge in [0.25, 0.3) is 0 Å². The SMILES string of the molecule is c1ccc2c(-c3nccs3)nc(N3CCOCC3)cc2c1. The zero-order valence-electron chi connectivity index (χ0n) is 11.5. The van der Waals surface area contributed by atoms with E-state index in [-0.39, 0.29) is 0 Å². The molecular formula is C16H15N3OS. The van der Waals surface area contributed by atoms with Gasteiger partial charge in [-0.2, -0.15) is 0 Å². The van der Waals surface area contributed by atoms with Gasteiger partial charge in [-0.15, -0.1) is 11.3 Å². The number of ether oxygens (including phenoxy) is 1. The minimum atomic E-state index is 0.765. The number of nitrogens with zero attached hydrogens (tertiary/aromatic N) is 3. The van der Waals surface area contributed by atoms with Crippen LogP contribution in [0.4, 0.5) is 5.82 Å². The molecule has 0 atom stereocenters. The van der Waals surface area contributed by atoms with E-state index in [4.69, 9.17) is 9.72 Å². The van der Waals surface area contributed by atoms with Gasteiger partial charge in [-0.1, -0.05) is 24.3 Å². The number of hydrogen-bond acceptors (Lipinski definition) is 5. The lowest BCUT2D eigenvalue weighted by Crippen LogP contribution is -2.36. The topological polar surface area (TPSA) is 38.2 Å². The number of rotatable bonds is 2. The fourth-order valence-corrected chi connectivity index (χ4v) is 3.28. The minimum absolute atomic E-state index is 0.765. The molecule has 4 rings (SSSR count). The monoisotopic (exact) mass is 297 g/mol. The molecule has 0 unspecified atom stereocenters. The highest BCUT2D eigenvalue weighted by atomic mass is 32.1. The summed E-state index contributed by atoms with van der Waals surface area (Å²) in [5.41, 5.74) is 0.976. The Morgan fingerprint density at radius 1 is 1.14 bits per heavy atom. The van der Waals surface area contributed by atoms with E-state index in [0.717, 1.165) is 48.2 Å². The summed E-state index contributed by atoms with van der Waals surface area (Å²) in [7, 11) is 0. The first-order chi connectivity index (χ1) is 10.4. The molecule has 1 saturated heterocycles. The zero-order chi connectivity index (χ0) is 14.1. The van der Waals surface area contributed by atoms with E-state index in [2.05, 4.69) is 40.2 Å². The Kier molecular flexibility index (Phi) is 3.29. The van der Waals surface area contributed by atoms with Crippen molar-refractivity contribution < 1.29 is 4.74 Å². The number of benzene rings is 1. The summed E-state index contributed by atoms with van der Waals surface area (Å²) in [5.74, 6) is 1.02. The van der Waals surface area contributed by atoms with E-state index in [1.165, 1.54) is 5.39 Å². The van der Waals surface area contributed by atoms with E-state index in [1.54, 1.807) is 11.3 Å². The molecule has 1 aliphatic heterocycles. The van der Waals surface area contributed by atoms with Crippen LogP contribution in [-0.2, 0) is 4.74 Å². The van der Waals surface area contributed by atoms with E-state index >= 15 is 0 Å². The standard InChI is InChI=1S/C16H15N3OS/c1-2-4-13-12(3-1)11-14(19-6-8-20-9-7-19)18-15(13)16-17-5-10-21-16/h1-5,10-11H,6-9H2. The molecule has 1 fully saturated rings. The summed E-state index contributed by atoms with van der Waals surface area (Å²) in [6.07, 6.45) is 1.83. The summed E-state index contributed by atoms with van der Waals surface area (Å²) >= 11 is 1.63. The van der Waals surface area contributed by atoms with Gasteiger partial charge in [0, 0.05) is 30.1 Å². The molecule has 4 nitrogen and oxygen atoms in total. The summed E-state index contributed by atoms with van der Waals surface area (Å²) in [5, 5.41) is 5.33. The highest BCUT2D eigenvalue weighted by Crippen LogP contribution is 2.31. The molecule has 0 aliphatic carbocycles. The highest BCUT2D eigenvalue weighted by Gasteiger charge is 2.16. The number of anilines is 1. The Balaban J connectivity index is 1.89. The largest absolute Gasteiger partial charge is 0.378 e. The van der Waals surface area contributed by atoms with E-state index in [1.807, 2.05) is 11.6 Å². The van der Waals surface area contributed by atoms with Gasteiger partial charge in [-0.25, -0.2) is 9.97 Å². The molecule has 5 heteroatoms. The third-order valence-corrected chi connectivity index (χ3v) is 4.48. The summed E-state index contributed by atoms with van der Waals surface area (Å²) in [6, 6.07) is 10.5. The lowest BCUT2D eigenvalue weighted by atomic mass is 10.1. The number of thiazole rings is 1. The van der Waals surface area contributed by atoms with Crippen molar-refractivity contribution in [2.75, 3.05) is 31.2 Å².